The molecule has 2 aromatic carbocycles. The molecule has 1 amide bonds. The highest BCUT2D eigenvalue weighted by atomic mass is 31.0. The highest BCUT2D eigenvalue weighted by molar-refractivity contribution is 7.27. The third kappa shape index (κ3) is 4.06. The molecule has 0 fully saturated rings. The average molecular weight is 363 g/mol. The molecule has 1 N–H and O–H groups in total. The topological polar surface area (TPSA) is 46.9 Å². The lowest BCUT2D eigenvalue weighted by Crippen LogP contribution is -2.12. The summed E-state index contributed by atoms with van der Waals surface area (Å²) < 4.78 is 40.2. The number of hydrogen-bond acceptors (Lipinski definition) is 2. The molecule has 8 heteroatoms. The number of nitrogens with one attached hydrogen (secondary N) is 1. The van der Waals surface area contributed by atoms with Gasteiger partial charge in [-0.05, 0) is 35.6 Å². The zero-order valence-electron chi connectivity index (χ0n) is 12.8. The number of halogens is 3. The maximum Gasteiger partial charge on any atom is 0.416 e. The SMILES string of the molecule is O=C(Nc1ccccc1)c1cn(-c2cc(P)cc(C(F)(F)F)c2)cn1. The molecule has 0 spiro atoms. The van der Waals surface area contributed by atoms with Crippen molar-refractivity contribution in [2.75, 3.05) is 5.32 Å². The van der Waals surface area contributed by atoms with Gasteiger partial charge in [0.1, 0.15) is 12.0 Å². The summed E-state index contributed by atoms with van der Waals surface area (Å²) in [5.74, 6) is -0.442. The van der Waals surface area contributed by atoms with E-state index in [-0.39, 0.29) is 11.4 Å². The molecule has 1 unspecified atom stereocenters. The van der Waals surface area contributed by atoms with Gasteiger partial charge in [0, 0.05) is 17.6 Å². The van der Waals surface area contributed by atoms with Gasteiger partial charge >= 0.3 is 6.18 Å². The number of benzene rings is 2. The Labute approximate surface area is 143 Å². The molecule has 0 bridgehead atoms. The van der Waals surface area contributed by atoms with E-state index in [9.17, 15) is 18.0 Å². The highest BCUT2D eigenvalue weighted by Crippen LogP contribution is 2.30. The Morgan fingerprint density at radius 2 is 1.84 bits per heavy atom. The lowest BCUT2D eigenvalue weighted by atomic mass is 10.2. The van der Waals surface area contributed by atoms with Gasteiger partial charge in [-0.25, -0.2) is 4.98 Å². The Hall–Kier alpha value is -2.66. The van der Waals surface area contributed by atoms with E-state index < -0.39 is 17.6 Å². The maximum absolute atomic E-state index is 12.9. The van der Waals surface area contributed by atoms with Crippen LogP contribution in [0, 0.1) is 0 Å². The van der Waals surface area contributed by atoms with E-state index in [1.54, 1.807) is 30.3 Å². The van der Waals surface area contributed by atoms with E-state index in [1.807, 2.05) is 6.07 Å². The van der Waals surface area contributed by atoms with Gasteiger partial charge in [0.2, 0.25) is 0 Å². The molecule has 1 aromatic heterocycles. The Bertz CT molecular complexity index is 907. The summed E-state index contributed by atoms with van der Waals surface area (Å²) in [5.41, 5.74) is 0.213. The van der Waals surface area contributed by atoms with Gasteiger partial charge in [0.05, 0.1) is 5.56 Å². The fourth-order valence-corrected chi connectivity index (χ4v) is 2.60. The van der Waals surface area contributed by atoms with Crippen LogP contribution in [-0.4, -0.2) is 15.5 Å². The van der Waals surface area contributed by atoms with Crippen LogP contribution in [0.2, 0.25) is 0 Å². The van der Waals surface area contributed by atoms with Gasteiger partial charge in [0.25, 0.3) is 5.91 Å². The van der Waals surface area contributed by atoms with E-state index in [0.717, 1.165) is 12.1 Å². The Morgan fingerprint density at radius 1 is 1.12 bits per heavy atom. The molecular weight excluding hydrogens is 350 g/mol. The Kier molecular flexibility index (Phi) is 4.59. The first-order valence-electron chi connectivity index (χ1n) is 7.21. The number of imidazole rings is 1. The summed E-state index contributed by atoms with van der Waals surface area (Å²) >= 11 is 0. The number of anilines is 1. The summed E-state index contributed by atoms with van der Waals surface area (Å²) in [7, 11) is 2.24. The third-order valence-corrected chi connectivity index (χ3v) is 3.75. The van der Waals surface area contributed by atoms with E-state index in [0.29, 0.717) is 11.0 Å². The second-order valence-electron chi connectivity index (χ2n) is 5.30. The number of carbonyl (C=O) groups is 1. The molecule has 0 aliphatic heterocycles. The highest BCUT2D eigenvalue weighted by Gasteiger charge is 2.31. The van der Waals surface area contributed by atoms with Crippen LogP contribution in [0.25, 0.3) is 5.69 Å². The molecule has 3 rings (SSSR count). The van der Waals surface area contributed by atoms with E-state index in [1.165, 1.54) is 17.1 Å². The summed E-state index contributed by atoms with van der Waals surface area (Å²) in [4.78, 5) is 16.2. The van der Waals surface area contributed by atoms with Gasteiger partial charge < -0.3 is 9.88 Å². The standard InChI is InChI=1S/C17H13F3N3OP/c18-17(19,20)11-6-13(8-14(25)7-11)23-9-15(21-10-23)16(24)22-12-4-2-1-3-5-12/h1-10H,25H2,(H,22,24). The molecule has 0 aliphatic rings. The summed E-state index contributed by atoms with van der Waals surface area (Å²) in [6.45, 7) is 0. The zero-order valence-corrected chi connectivity index (χ0v) is 13.9. The maximum atomic E-state index is 12.9. The third-order valence-electron chi connectivity index (χ3n) is 3.41. The van der Waals surface area contributed by atoms with Crippen LogP contribution in [0.4, 0.5) is 18.9 Å². The van der Waals surface area contributed by atoms with Gasteiger partial charge in [-0.2, -0.15) is 13.2 Å². The average Bonchev–Trinajstić information content (AvgIpc) is 3.04. The van der Waals surface area contributed by atoms with Crippen LogP contribution in [-0.2, 0) is 6.18 Å². The van der Waals surface area contributed by atoms with Crippen molar-refractivity contribution in [2.24, 2.45) is 0 Å². The predicted octanol–water partition coefficient (Wildman–Crippen LogP) is 3.64. The van der Waals surface area contributed by atoms with Gasteiger partial charge in [-0.3, -0.25) is 4.79 Å². The molecular formula is C17H13F3N3OP. The first kappa shape index (κ1) is 17.2. The second-order valence-corrected chi connectivity index (χ2v) is 5.96. The van der Waals surface area contributed by atoms with Crippen molar-refractivity contribution in [3.05, 3.63) is 72.3 Å². The van der Waals surface area contributed by atoms with Crippen LogP contribution in [0.15, 0.2) is 61.1 Å². The minimum atomic E-state index is -4.45. The molecule has 4 nitrogen and oxygen atoms in total. The molecule has 0 saturated heterocycles. The fraction of sp³-hybridized carbons (Fsp3) is 0.0588. The van der Waals surface area contributed by atoms with Crippen molar-refractivity contribution in [3.63, 3.8) is 0 Å². The number of carbonyl (C=O) groups excluding carboxylic acids is 1. The summed E-state index contributed by atoms with van der Waals surface area (Å²) in [5, 5.41) is 3.05. The first-order valence-corrected chi connectivity index (χ1v) is 7.79. The van der Waals surface area contributed by atoms with Crippen LogP contribution >= 0.6 is 9.24 Å². The van der Waals surface area contributed by atoms with Crippen molar-refractivity contribution in [1.82, 2.24) is 9.55 Å². The van der Waals surface area contributed by atoms with E-state index >= 15 is 0 Å². The monoisotopic (exact) mass is 363 g/mol. The first-order chi connectivity index (χ1) is 11.8. The second kappa shape index (κ2) is 6.69. The number of rotatable bonds is 3. The molecule has 25 heavy (non-hydrogen) atoms. The lowest BCUT2D eigenvalue weighted by molar-refractivity contribution is -0.137. The number of para-hydroxylation sites is 1. The number of nitrogens with zero attached hydrogens (tertiary/aromatic N) is 2. The van der Waals surface area contributed by atoms with Crippen LogP contribution < -0.4 is 10.6 Å². The van der Waals surface area contributed by atoms with E-state index in [2.05, 4.69) is 19.5 Å². The molecule has 128 valence electrons. The summed E-state index contributed by atoms with van der Waals surface area (Å²) in [6.07, 6.45) is -1.76. The fourth-order valence-electron chi connectivity index (χ4n) is 2.25. The number of amides is 1. The largest absolute Gasteiger partial charge is 0.416 e. The number of hydrogen-bond donors (Lipinski definition) is 1. The predicted molar refractivity (Wildman–Crippen MR) is 92.3 cm³/mol. The van der Waals surface area contributed by atoms with Crippen molar-refractivity contribution in [1.29, 1.82) is 0 Å². The summed E-state index contributed by atoms with van der Waals surface area (Å²) in [6, 6.07) is 12.4. The van der Waals surface area contributed by atoms with Crippen LogP contribution in [0.1, 0.15) is 16.1 Å². The zero-order chi connectivity index (χ0) is 18.0. The Balaban J connectivity index is 1.86. The van der Waals surface area contributed by atoms with Crippen molar-refractivity contribution < 1.29 is 18.0 Å². The van der Waals surface area contributed by atoms with Gasteiger partial charge in [0.15, 0.2) is 0 Å². The normalized spacial score (nSPS) is 11.4. The number of aromatic nitrogens is 2. The lowest BCUT2D eigenvalue weighted by Gasteiger charge is -2.10. The smallest absolute Gasteiger partial charge is 0.321 e. The van der Waals surface area contributed by atoms with Gasteiger partial charge in [-0.15, -0.1) is 9.24 Å². The van der Waals surface area contributed by atoms with Gasteiger partial charge in [-0.1, -0.05) is 18.2 Å². The number of alkyl halides is 3. The minimum Gasteiger partial charge on any atom is -0.321 e. The van der Waals surface area contributed by atoms with Crippen molar-refractivity contribution in [2.45, 2.75) is 6.18 Å². The Morgan fingerprint density at radius 3 is 2.52 bits per heavy atom. The molecule has 1 heterocycles. The molecule has 1 atom stereocenters. The minimum absolute atomic E-state index is 0.103. The van der Waals surface area contributed by atoms with Crippen LogP contribution in [0.3, 0.4) is 0 Å². The molecule has 0 aliphatic carbocycles. The van der Waals surface area contributed by atoms with Crippen LogP contribution in [0.5, 0.6) is 0 Å². The quantitative estimate of drug-likeness (QED) is 0.723. The molecule has 3 aromatic rings. The van der Waals surface area contributed by atoms with E-state index in [4.69, 9.17) is 0 Å². The molecule has 0 radical (unpaired) electrons. The van der Waals surface area contributed by atoms with Crippen molar-refractivity contribution >= 4 is 26.1 Å². The molecule has 0 saturated carbocycles. The van der Waals surface area contributed by atoms with Crippen molar-refractivity contribution in [3.8, 4) is 5.69 Å².